The van der Waals surface area contributed by atoms with Gasteiger partial charge in [0.05, 0.1) is 7.11 Å². The first kappa shape index (κ1) is 11.1. The minimum Gasteiger partial charge on any atom is -0.496 e. The fourth-order valence-electron chi connectivity index (χ4n) is 1.52. The zero-order valence-corrected chi connectivity index (χ0v) is 9.42. The summed E-state index contributed by atoms with van der Waals surface area (Å²) >= 11 is 0. The normalized spacial score (nSPS) is 12.5. The van der Waals surface area contributed by atoms with Gasteiger partial charge in [0.15, 0.2) is 0 Å². The Labute approximate surface area is 87.1 Å². The van der Waals surface area contributed by atoms with Gasteiger partial charge in [0.25, 0.3) is 0 Å². The van der Waals surface area contributed by atoms with Crippen LogP contribution in [0.3, 0.4) is 0 Å². The second-order valence-corrected chi connectivity index (χ2v) is 3.86. The molecule has 0 saturated carbocycles. The van der Waals surface area contributed by atoms with Gasteiger partial charge in [-0.3, -0.25) is 0 Å². The summed E-state index contributed by atoms with van der Waals surface area (Å²) < 4.78 is 5.31. The van der Waals surface area contributed by atoms with Gasteiger partial charge >= 0.3 is 0 Å². The summed E-state index contributed by atoms with van der Waals surface area (Å²) in [5, 5.41) is 0. The van der Waals surface area contributed by atoms with Crippen molar-refractivity contribution in [3.8, 4) is 5.75 Å². The number of methoxy groups -OCH3 is 1. The van der Waals surface area contributed by atoms with Gasteiger partial charge in [0.2, 0.25) is 0 Å². The Morgan fingerprint density at radius 3 is 2.64 bits per heavy atom. The predicted octanol–water partition coefficient (Wildman–Crippen LogP) is 3.67. The molecule has 0 unspecified atom stereocenters. The third-order valence-electron chi connectivity index (χ3n) is 2.80. The lowest BCUT2D eigenvalue weighted by molar-refractivity contribution is 0.406. The number of para-hydroxylation sites is 1. The highest BCUT2D eigenvalue weighted by molar-refractivity contribution is 5.33. The fourth-order valence-corrected chi connectivity index (χ4v) is 1.52. The van der Waals surface area contributed by atoms with Gasteiger partial charge in [0, 0.05) is 0 Å². The van der Waals surface area contributed by atoms with E-state index in [2.05, 4.69) is 26.0 Å². The number of rotatable bonds is 5. The van der Waals surface area contributed by atoms with Crippen LogP contribution in [0.2, 0.25) is 0 Å². The average Bonchev–Trinajstić information content (AvgIpc) is 2.26. The fraction of sp³-hybridized carbons (Fsp3) is 0.538. The maximum atomic E-state index is 5.31. The Morgan fingerprint density at radius 1 is 1.29 bits per heavy atom. The first-order chi connectivity index (χ1) is 6.77. The van der Waals surface area contributed by atoms with Crippen molar-refractivity contribution in [1.82, 2.24) is 0 Å². The quantitative estimate of drug-likeness (QED) is 0.691. The molecule has 1 heteroatoms. The third-order valence-corrected chi connectivity index (χ3v) is 2.80. The number of hydrogen-bond donors (Lipinski definition) is 0. The molecule has 78 valence electrons. The minimum atomic E-state index is 0.805. The second kappa shape index (κ2) is 5.69. The van der Waals surface area contributed by atoms with E-state index in [4.69, 9.17) is 4.74 Å². The molecule has 0 spiro atoms. The number of hydrogen-bond acceptors (Lipinski definition) is 1. The maximum absolute atomic E-state index is 5.31. The highest BCUT2D eigenvalue weighted by Gasteiger charge is 2.04. The van der Waals surface area contributed by atoms with Gasteiger partial charge in [-0.1, -0.05) is 38.5 Å². The van der Waals surface area contributed by atoms with Crippen molar-refractivity contribution in [3.05, 3.63) is 29.8 Å². The lowest BCUT2D eigenvalue weighted by Gasteiger charge is -2.10. The van der Waals surface area contributed by atoms with Gasteiger partial charge in [-0.05, 0) is 30.4 Å². The van der Waals surface area contributed by atoms with Crippen LogP contribution in [0, 0.1) is 5.92 Å². The van der Waals surface area contributed by atoms with E-state index in [1.807, 2.05) is 12.1 Å². The van der Waals surface area contributed by atoms with E-state index in [1.165, 1.54) is 18.4 Å². The number of aryl methyl sites for hydroxylation is 1. The molecule has 0 N–H and O–H groups in total. The van der Waals surface area contributed by atoms with Crippen molar-refractivity contribution >= 4 is 0 Å². The largest absolute Gasteiger partial charge is 0.496 e. The molecule has 14 heavy (non-hydrogen) atoms. The van der Waals surface area contributed by atoms with Crippen LogP contribution in [-0.2, 0) is 6.42 Å². The zero-order chi connectivity index (χ0) is 10.4. The van der Waals surface area contributed by atoms with E-state index in [9.17, 15) is 0 Å². The number of benzene rings is 1. The van der Waals surface area contributed by atoms with Crippen LogP contribution in [-0.4, -0.2) is 7.11 Å². The molecule has 0 amide bonds. The van der Waals surface area contributed by atoms with E-state index in [0.29, 0.717) is 0 Å². The average molecular weight is 192 g/mol. The molecule has 0 radical (unpaired) electrons. The van der Waals surface area contributed by atoms with Gasteiger partial charge in [-0.15, -0.1) is 0 Å². The van der Waals surface area contributed by atoms with Gasteiger partial charge in [0.1, 0.15) is 5.75 Å². The van der Waals surface area contributed by atoms with Crippen LogP contribution in [0.1, 0.15) is 32.3 Å². The van der Waals surface area contributed by atoms with Crippen LogP contribution in [0.25, 0.3) is 0 Å². The minimum absolute atomic E-state index is 0.805. The van der Waals surface area contributed by atoms with E-state index >= 15 is 0 Å². The van der Waals surface area contributed by atoms with Crippen LogP contribution in [0.4, 0.5) is 0 Å². The molecule has 1 nitrogen and oxygen atoms in total. The molecule has 0 fully saturated rings. The first-order valence-corrected chi connectivity index (χ1v) is 5.39. The molecule has 0 heterocycles. The van der Waals surface area contributed by atoms with Crippen LogP contribution in [0.15, 0.2) is 24.3 Å². The van der Waals surface area contributed by atoms with E-state index in [1.54, 1.807) is 7.11 Å². The van der Waals surface area contributed by atoms with Crippen molar-refractivity contribution in [2.45, 2.75) is 33.1 Å². The Balaban J connectivity index is 2.57. The van der Waals surface area contributed by atoms with Crippen molar-refractivity contribution in [1.29, 1.82) is 0 Å². The van der Waals surface area contributed by atoms with Gasteiger partial charge in [-0.2, -0.15) is 0 Å². The molecule has 0 aliphatic rings. The Morgan fingerprint density at radius 2 is 2.00 bits per heavy atom. The van der Waals surface area contributed by atoms with E-state index in [-0.39, 0.29) is 0 Å². The smallest absolute Gasteiger partial charge is 0.122 e. The lowest BCUT2D eigenvalue weighted by Crippen LogP contribution is -1.97. The van der Waals surface area contributed by atoms with Crippen molar-refractivity contribution < 1.29 is 4.74 Å². The molecule has 1 rings (SSSR count). The van der Waals surface area contributed by atoms with Crippen LogP contribution in [0.5, 0.6) is 5.75 Å². The monoisotopic (exact) mass is 192 g/mol. The van der Waals surface area contributed by atoms with E-state index < -0.39 is 0 Å². The topological polar surface area (TPSA) is 9.23 Å². The Hall–Kier alpha value is -0.980. The van der Waals surface area contributed by atoms with Crippen molar-refractivity contribution in [2.75, 3.05) is 7.11 Å². The third kappa shape index (κ3) is 3.06. The van der Waals surface area contributed by atoms with Crippen molar-refractivity contribution in [2.24, 2.45) is 5.92 Å². The summed E-state index contributed by atoms with van der Waals surface area (Å²) in [5.41, 5.74) is 1.33. The summed E-state index contributed by atoms with van der Waals surface area (Å²) in [6, 6.07) is 8.28. The summed E-state index contributed by atoms with van der Waals surface area (Å²) in [5.74, 6) is 1.83. The molecule has 0 bridgehead atoms. The number of ether oxygens (including phenoxy) is 1. The molecule has 0 aromatic heterocycles. The lowest BCUT2D eigenvalue weighted by atomic mass is 9.99. The van der Waals surface area contributed by atoms with Gasteiger partial charge in [-0.25, -0.2) is 0 Å². The predicted molar refractivity (Wildman–Crippen MR) is 60.8 cm³/mol. The molecular formula is C13H20O. The summed E-state index contributed by atoms with van der Waals surface area (Å²) in [6.07, 6.45) is 3.63. The Bertz CT molecular complexity index is 268. The summed E-state index contributed by atoms with van der Waals surface area (Å²) in [6.45, 7) is 4.54. The molecular weight excluding hydrogens is 172 g/mol. The standard InChI is InChI=1S/C13H20O/c1-4-11(2)9-10-12-7-5-6-8-13(12)14-3/h5-8,11H,4,9-10H2,1-3H3/t11-/m1/s1. The molecule has 1 aromatic rings. The zero-order valence-electron chi connectivity index (χ0n) is 9.42. The molecule has 0 aliphatic carbocycles. The Kier molecular flexibility index (Phi) is 4.51. The van der Waals surface area contributed by atoms with Gasteiger partial charge < -0.3 is 4.74 Å². The van der Waals surface area contributed by atoms with Crippen LogP contribution >= 0.6 is 0 Å². The first-order valence-electron chi connectivity index (χ1n) is 5.39. The van der Waals surface area contributed by atoms with Crippen LogP contribution < -0.4 is 4.74 Å². The molecule has 0 aliphatic heterocycles. The SMILES string of the molecule is CC[C@@H](C)CCc1ccccc1OC. The highest BCUT2D eigenvalue weighted by atomic mass is 16.5. The van der Waals surface area contributed by atoms with Crippen molar-refractivity contribution in [3.63, 3.8) is 0 Å². The molecule has 1 atom stereocenters. The summed E-state index contributed by atoms with van der Waals surface area (Å²) in [4.78, 5) is 0. The summed E-state index contributed by atoms with van der Waals surface area (Å²) in [7, 11) is 1.74. The second-order valence-electron chi connectivity index (χ2n) is 3.86. The van der Waals surface area contributed by atoms with E-state index in [0.717, 1.165) is 18.1 Å². The maximum Gasteiger partial charge on any atom is 0.122 e. The molecule has 0 saturated heterocycles. The highest BCUT2D eigenvalue weighted by Crippen LogP contribution is 2.21. The molecule has 1 aromatic carbocycles.